The smallest absolute Gasteiger partial charge is 0.237 e. The highest BCUT2D eigenvalue weighted by Crippen LogP contribution is 2.24. The maximum Gasteiger partial charge on any atom is 0.237 e. The van der Waals surface area contributed by atoms with Crippen LogP contribution in [-0.2, 0) is 0 Å². The Balaban J connectivity index is 2.32. The van der Waals surface area contributed by atoms with Crippen molar-refractivity contribution < 1.29 is 4.74 Å². The number of nitrogens with zero attached hydrogens (tertiary/aromatic N) is 2. The monoisotopic (exact) mass is 288 g/mol. The molecule has 0 unspecified atom stereocenters. The van der Waals surface area contributed by atoms with E-state index in [4.69, 9.17) is 10.00 Å². The van der Waals surface area contributed by atoms with Gasteiger partial charge in [-0.05, 0) is 43.3 Å². The van der Waals surface area contributed by atoms with Gasteiger partial charge in [0.05, 0.1) is 0 Å². The van der Waals surface area contributed by atoms with Gasteiger partial charge in [-0.15, -0.1) is 0 Å². The fourth-order valence-electron chi connectivity index (χ4n) is 1.31. The highest BCUT2D eigenvalue weighted by molar-refractivity contribution is 9.10. The van der Waals surface area contributed by atoms with E-state index in [9.17, 15) is 0 Å². The second-order valence-electron chi connectivity index (χ2n) is 3.47. The first-order valence-electron chi connectivity index (χ1n) is 5.00. The van der Waals surface area contributed by atoms with E-state index in [0.29, 0.717) is 17.2 Å². The van der Waals surface area contributed by atoms with E-state index in [2.05, 4.69) is 27.0 Å². The zero-order valence-corrected chi connectivity index (χ0v) is 10.7. The van der Waals surface area contributed by atoms with E-state index in [1.165, 1.54) is 0 Å². The van der Waals surface area contributed by atoms with Crippen molar-refractivity contribution >= 4 is 15.9 Å². The Hall–Kier alpha value is -1.86. The summed E-state index contributed by atoms with van der Waals surface area (Å²) >= 11 is 3.35. The molecule has 0 aliphatic carbocycles. The first-order chi connectivity index (χ1) is 8.19. The molecule has 1 aromatic heterocycles. The number of aromatic nitrogens is 1. The Morgan fingerprint density at radius 3 is 2.53 bits per heavy atom. The predicted molar refractivity (Wildman–Crippen MR) is 67.9 cm³/mol. The third-order valence-corrected chi connectivity index (χ3v) is 2.68. The number of halogens is 1. The van der Waals surface area contributed by atoms with Crippen molar-refractivity contribution in [3.05, 3.63) is 52.1 Å². The lowest BCUT2D eigenvalue weighted by Gasteiger charge is -2.06. The Kier molecular flexibility index (Phi) is 3.40. The van der Waals surface area contributed by atoms with E-state index in [-0.39, 0.29) is 0 Å². The average Bonchev–Trinajstić information content (AvgIpc) is 2.32. The first kappa shape index (κ1) is 11.6. The third-order valence-electron chi connectivity index (χ3n) is 2.15. The molecule has 2 aromatic rings. The van der Waals surface area contributed by atoms with Gasteiger partial charge in [-0.1, -0.05) is 15.9 Å². The normalized spacial score (nSPS) is 9.71. The summed E-state index contributed by atoms with van der Waals surface area (Å²) in [6.07, 6.45) is 0. The minimum absolute atomic E-state index is 0.342. The van der Waals surface area contributed by atoms with Crippen LogP contribution in [0.5, 0.6) is 11.6 Å². The molecule has 3 nitrogen and oxygen atoms in total. The number of pyridine rings is 1. The number of ether oxygens (including phenoxy) is 1. The minimum Gasteiger partial charge on any atom is -0.438 e. The van der Waals surface area contributed by atoms with Gasteiger partial charge in [-0.2, -0.15) is 5.26 Å². The molecule has 2 rings (SSSR count). The van der Waals surface area contributed by atoms with Crippen LogP contribution >= 0.6 is 15.9 Å². The molecule has 0 aliphatic rings. The molecule has 0 N–H and O–H groups in total. The lowest BCUT2D eigenvalue weighted by atomic mass is 10.2. The summed E-state index contributed by atoms with van der Waals surface area (Å²) in [5.74, 6) is 0.998. The lowest BCUT2D eigenvalue weighted by molar-refractivity contribution is 0.460. The predicted octanol–water partition coefficient (Wildman–Crippen LogP) is 3.82. The molecule has 0 aliphatic heterocycles. The van der Waals surface area contributed by atoms with E-state index in [1.54, 1.807) is 12.1 Å². The van der Waals surface area contributed by atoms with Crippen LogP contribution in [0.3, 0.4) is 0 Å². The number of benzene rings is 1. The van der Waals surface area contributed by atoms with Crippen molar-refractivity contribution in [3.8, 4) is 17.7 Å². The van der Waals surface area contributed by atoms with E-state index in [0.717, 1.165) is 10.2 Å². The van der Waals surface area contributed by atoms with Crippen molar-refractivity contribution in [1.82, 2.24) is 4.98 Å². The van der Waals surface area contributed by atoms with Crippen LogP contribution in [-0.4, -0.2) is 4.98 Å². The molecule has 0 atom stereocenters. The Morgan fingerprint density at radius 2 is 1.88 bits per heavy atom. The average molecular weight is 289 g/mol. The van der Waals surface area contributed by atoms with Gasteiger partial charge in [-0.25, -0.2) is 4.98 Å². The molecule has 0 spiro atoms. The highest BCUT2D eigenvalue weighted by Gasteiger charge is 2.06. The summed E-state index contributed by atoms with van der Waals surface area (Å²) in [6, 6.07) is 12.9. The molecule has 1 aromatic carbocycles. The Bertz CT molecular complexity index is 573. The molecular formula is C13H9BrN2O. The molecule has 84 valence electrons. The van der Waals surface area contributed by atoms with Crippen LogP contribution < -0.4 is 4.74 Å². The van der Waals surface area contributed by atoms with Gasteiger partial charge in [0.15, 0.2) is 0 Å². The Morgan fingerprint density at radius 1 is 1.18 bits per heavy atom. The van der Waals surface area contributed by atoms with Gasteiger partial charge >= 0.3 is 0 Å². The van der Waals surface area contributed by atoms with Crippen LogP contribution in [0.2, 0.25) is 0 Å². The number of hydrogen-bond acceptors (Lipinski definition) is 3. The van der Waals surface area contributed by atoms with Gasteiger partial charge in [0.1, 0.15) is 17.4 Å². The molecule has 4 heteroatoms. The van der Waals surface area contributed by atoms with Crippen LogP contribution in [0.25, 0.3) is 0 Å². The summed E-state index contributed by atoms with van der Waals surface area (Å²) in [5.41, 5.74) is 1.25. The molecular weight excluding hydrogens is 280 g/mol. The summed E-state index contributed by atoms with van der Waals surface area (Å²) in [4.78, 5) is 4.21. The molecule has 0 fully saturated rings. The topological polar surface area (TPSA) is 45.9 Å². The first-order valence-corrected chi connectivity index (χ1v) is 5.79. The second kappa shape index (κ2) is 4.98. The standard InChI is InChI=1S/C13H9BrN2O/c1-9-2-3-10(8-15)13(16-9)17-12-6-4-11(14)5-7-12/h2-7H,1H3. The molecule has 0 saturated carbocycles. The van der Waals surface area contributed by atoms with Gasteiger partial charge in [0, 0.05) is 10.2 Å². The molecule has 0 amide bonds. The lowest BCUT2D eigenvalue weighted by Crippen LogP contribution is -1.93. The third kappa shape index (κ3) is 2.83. The van der Waals surface area contributed by atoms with E-state index >= 15 is 0 Å². The maximum atomic E-state index is 8.95. The largest absolute Gasteiger partial charge is 0.438 e. The number of hydrogen-bond donors (Lipinski definition) is 0. The highest BCUT2D eigenvalue weighted by atomic mass is 79.9. The van der Waals surface area contributed by atoms with Gasteiger partial charge < -0.3 is 4.74 Å². The molecule has 0 saturated heterocycles. The van der Waals surface area contributed by atoms with Crippen LogP contribution in [0.4, 0.5) is 0 Å². The quantitative estimate of drug-likeness (QED) is 0.844. The fourth-order valence-corrected chi connectivity index (χ4v) is 1.57. The van der Waals surface area contributed by atoms with Crippen molar-refractivity contribution in [2.45, 2.75) is 6.92 Å². The van der Waals surface area contributed by atoms with Gasteiger partial charge in [0.25, 0.3) is 0 Å². The van der Waals surface area contributed by atoms with Gasteiger partial charge in [-0.3, -0.25) is 0 Å². The number of nitriles is 1. The van der Waals surface area contributed by atoms with Crippen LogP contribution in [0, 0.1) is 18.3 Å². The summed E-state index contributed by atoms with van der Waals surface area (Å²) < 4.78 is 6.56. The van der Waals surface area contributed by atoms with Gasteiger partial charge in [0.2, 0.25) is 5.88 Å². The molecule has 0 radical (unpaired) electrons. The molecule has 1 heterocycles. The van der Waals surface area contributed by atoms with Crippen LogP contribution in [0.1, 0.15) is 11.3 Å². The minimum atomic E-state index is 0.342. The summed E-state index contributed by atoms with van der Waals surface area (Å²) in [5, 5.41) is 8.95. The zero-order chi connectivity index (χ0) is 12.3. The van der Waals surface area contributed by atoms with Crippen molar-refractivity contribution in [1.29, 1.82) is 5.26 Å². The van der Waals surface area contributed by atoms with E-state index < -0.39 is 0 Å². The van der Waals surface area contributed by atoms with Crippen molar-refractivity contribution in [2.24, 2.45) is 0 Å². The number of aryl methyl sites for hydroxylation is 1. The zero-order valence-electron chi connectivity index (χ0n) is 9.14. The summed E-state index contributed by atoms with van der Waals surface area (Å²) in [7, 11) is 0. The maximum absolute atomic E-state index is 8.95. The Labute approximate surface area is 108 Å². The fraction of sp³-hybridized carbons (Fsp3) is 0.0769. The van der Waals surface area contributed by atoms with Crippen molar-refractivity contribution in [2.75, 3.05) is 0 Å². The van der Waals surface area contributed by atoms with Crippen molar-refractivity contribution in [3.63, 3.8) is 0 Å². The van der Waals surface area contributed by atoms with Crippen LogP contribution in [0.15, 0.2) is 40.9 Å². The summed E-state index contributed by atoms with van der Waals surface area (Å²) in [6.45, 7) is 1.86. The second-order valence-corrected chi connectivity index (χ2v) is 4.39. The number of rotatable bonds is 2. The van der Waals surface area contributed by atoms with E-state index in [1.807, 2.05) is 31.2 Å². The molecule has 17 heavy (non-hydrogen) atoms. The SMILES string of the molecule is Cc1ccc(C#N)c(Oc2ccc(Br)cc2)n1. The molecule has 0 bridgehead atoms.